The van der Waals surface area contributed by atoms with Crippen LogP contribution in [0.25, 0.3) is 0 Å². The predicted molar refractivity (Wildman–Crippen MR) is 49.3 cm³/mol. The van der Waals surface area contributed by atoms with Gasteiger partial charge in [-0.25, -0.2) is 9.13 Å². The van der Waals surface area contributed by atoms with E-state index in [-0.39, 0.29) is 0 Å². The van der Waals surface area contributed by atoms with Crippen LogP contribution in [0.4, 0.5) is 0 Å². The highest BCUT2D eigenvalue weighted by Crippen LogP contribution is 2.63. The van der Waals surface area contributed by atoms with E-state index in [1.807, 2.05) is 0 Å². The summed E-state index contributed by atoms with van der Waals surface area (Å²) in [4.78, 5) is 18.0. The Morgan fingerprint density at radius 3 is 2.44 bits per heavy atom. The molecule has 1 rings (SSSR count). The fourth-order valence-electron chi connectivity index (χ4n) is 0.970. The van der Waals surface area contributed by atoms with Crippen LogP contribution in [0.2, 0.25) is 0 Å². The van der Waals surface area contributed by atoms with Crippen molar-refractivity contribution in [2.75, 3.05) is 13.2 Å². The van der Waals surface area contributed by atoms with E-state index in [4.69, 9.17) is 14.9 Å². The third-order valence-electron chi connectivity index (χ3n) is 1.94. The summed E-state index contributed by atoms with van der Waals surface area (Å²) in [5, 5.41) is 18.4. The van der Waals surface area contributed by atoms with Crippen molar-refractivity contribution in [3.63, 3.8) is 0 Å². The molecular formula is C5H12O9P2. The minimum atomic E-state index is -4.91. The number of aliphatic hydroxyl groups excluding tert-OH is 2. The van der Waals surface area contributed by atoms with Crippen LogP contribution in [-0.2, 0) is 22.5 Å². The zero-order valence-corrected chi connectivity index (χ0v) is 10.0. The molecule has 2 unspecified atom stereocenters. The molecule has 9 nitrogen and oxygen atoms in total. The van der Waals surface area contributed by atoms with E-state index in [9.17, 15) is 14.2 Å². The van der Waals surface area contributed by atoms with Gasteiger partial charge in [0.2, 0.25) is 0 Å². The van der Waals surface area contributed by atoms with Crippen molar-refractivity contribution in [1.82, 2.24) is 0 Å². The molecule has 0 bridgehead atoms. The van der Waals surface area contributed by atoms with Crippen molar-refractivity contribution in [1.29, 1.82) is 0 Å². The number of phosphoric acid groups is 2. The van der Waals surface area contributed by atoms with Crippen LogP contribution < -0.4 is 0 Å². The van der Waals surface area contributed by atoms with E-state index in [1.54, 1.807) is 0 Å². The minimum absolute atomic E-state index is 0.690. The van der Waals surface area contributed by atoms with Gasteiger partial charge >= 0.3 is 15.6 Å². The summed E-state index contributed by atoms with van der Waals surface area (Å²) in [6.07, 6.45) is -1.57. The number of aliphatic hydroxyl groups is 2. The fourth-order valence-corrected chi connectivity index (χ4v) is 3.37. The zero-order chi connectivity index (χ0) is 12.6. The van der Waals surface area contributed by atoms with Crippen molar-refractivity contribution in [3.05, 3.63) is 0 Å². The lowest BCUT2D eigenvalue weighted by atomic mass is 10.3. The third kappa shape index (κ3) is 3.33. The summed E-state index contributed by atoms with van der Waals surface area (Å²) >= 11 is 0. The van der Waals surface area contributed by atoms with Gasteiger partial charge in [-0.05, 0) is 6.92 Å². The summed E-state index contributed by atoms with van der Waals surface area (Å²) in [7, 11) is -9.68. The van der Waals surface area contributed by atoms with Gasteiger partial charge in [-0.15, -0.1) is 0 Å². The second-order valence-corrected chi connectivity index (χ2v) is 6.36. The molecule has 16 heavy (non-hydrogen) atoms. The van der Waals surface area contributed by atoms with Gasteiger partial charge in [0, 0.05) is 0 Å². The maximum absolute atomic E-state index is 11.2. The molecule has 0 saturated carbocycles. The highest BCUT2D eigenvalue weighted by atomic mass is 31.3. The van der Waals surface area contributed by atoms with Crippen LogP contribution in [0.3, 0.4) is 0 Å². The molecule has 1 fully saturated rings. The predicted octanol–water partition coefficient (Wildman–Crippen LogP) is -0.638. The van der Waals surface area contributed by atoms with Crippen LogP contribution in [0.1, 0.15) is 6.92 Å². The molecule has 0 aromatic heterocycles. The van der Waals surface area contributed by atoms with E-state index in [2.05, 4.69) is 13.4 Å². The van der Waals surface area contributed by atoms with Crippen molar-refractivity contribution in [2.24, 2.45) is 0 Å². The maximum Gasteiger partial charge on any atom is 0.481 e. The topological polar surface area (TPSA) is 143 Å². The molecule has 0 aromatic carbocycles. The monoisotopic (exact) mass is 279 g/mol. The number of hydrogen-bond donors (Lipinski definition) is 4. The molecule has 96 valence electrons. The first-order valence-electron chi connectivity index (χ1n) is 4.11. The Morgan fingerprint density at radius 1 is 1.38 bits per heavy atom. The molecule has 1 heterocycles. The molecule has 0 radical (unpaired) electrons. The zero-order valence-electron chi connectivity index (χ0n) is 8.22. The van der Waals surface area contributed by atoms with Crippen LogP contribution in [-0.4, -0.2) is 44.9 Å². The first-order valence-corrected chi connectivity index (χ1v) is 7.10. The smallest absolute Gasteiger partial charge is 0.393 e. The van der Waals surface area contributed by atoms with Crippen molar-refractivity contribution in [2.45, 2.75) is 18.6 Å². The highest BCUT2D eigenvalue weighted by molar-refractivity contribution is 7.61. The van der Waals surface area contributed by atoms with Gasteiger partial charge in [0.15, 0.2) is 0 Å². The lowest BCUT2D eigenvalue weighted by molar-refractivity contribution is -0.109. The Hall–Kier alpha value is 0.180. The fraction of sp³-hybridized carbons (Fsp3) is 1.00. The molecule has 0 amide bonds. The standard InChI is InChI=1S/C5H12O9P2/c1-5(3-6)4(7)2-12-15(8,9)14-16(10,11)13-5/h4,6-7H,2-3H2,1H3,(H,8,9)(H,10,11)/t4-,5+/m1/s1/i5+1. The van der Waals surface area contributed by atoms with Gasteiger partial charge in [-0.2, -0.15) is 4.31 Å². The summed E-state index contributed by atoms with van der Waals surface area (Å²) in [6, 6.07) is 0. The van der Waals surface area contributed by atoms with Crippen molar-refractivity contribution < 1.29 is 42.5 Å². The maximum atomic E-state index is 11.2. The van der Waals surface area contributed by atoms with Gasteiger partial charge in [-0.3, -0.25) is 9.05 Å². The molecule has 0 aromatic rings. The largest absolute Gasteiger partial charge is 0.481 e. The molecule has 1 aliphatic heterocycles. The third-order valence-corrected chi connectivity index (χ3v) is 4.72. The number of rotatable bonds is 1. The summed E-state index contributed by atoms with van der Waals surface area (Å²) in [5.41, 5.74) is -1.83. The summed E-state index contributed by atoms with van der Waals surface area (Å²) in [6.45, 7) is -0.368. The van der Waals surface area contributed by atoms with Gasteiger partial charge in [0.05, 0.1) is 13.2 Å². The lowest BCUT2D eigenvalue weighted by Gasteiger charge is -2.35. The van der Waals surface area contributed by atoms with Gasteiger partial charge in [-0.1, -0.05) is 0 Å². The average Bonchev–Trinajstić information content (AvgIpc) is 2.10. The normalized spacial score (nSPS) is 50.7. The molecule has 11 heteroatoms. The highest BCUT2D eigenvalue weighted by Gasteiger charge is 2.48. The molecule has 4 atom stereocenters. The molecule has 1 saturated heterocycles. The van der Waals surface area contributed by atoms with Gasteiger partial charge < -0.3 is 20.0 Å². The number of phosphoric ester groups is 2. The quantitative estimate of drug-likeness (QED) is 0.364. The lowest BCUT2D eigenvalue weighted by Crippen LogP contribution is -2.47. The first kappa shape index (κ1) is 14.2. The minimum Gasteiger partial charge on any atom is -0.393 e. The van der Waals surface area contributed by atoms with Gasteiger partial charge in [0.1, 0.15) is 11.7 Å². The van der Waals surface area contributed by atoms with Crippen LogP contribution in [0.5, 0.6) is 0 Å². The summed E-state index contributed by atoms with van der Waals surface area (Å²) in [5.74, 6) is 0. The van der Waals surface area contributed by atoms with E-state index < -0.39 is 40.6 Å². The molecule has 0 aliphatic carbocycles. The molecule has 0 spiro atoms. The van der Waals surface area contributed by atoms with E-state index in [0.717, 1.165) is 6.92 Å². The molecule has 4 N–H and O–H groups in total. The molecule has 1 aliphatic rings. The molecular weight excluding hydrogens is 267 g/mol. The van der Waals surface area contributed by atoms with Crippen LogP contribution in [0.15, 0.2) is 0 Å². The Balaban J connectivity index is 3.01. The second kappa shape index (κ2) is 4.45. The Kier molecular flexibility index (Phi) is 3.96. The summed E-state index contributed by atoms with van der Waals surface area (Å²) < 4.78 is 34.7. The van der Waals surface area contributed by atoms with Crippen molar-refractivity contribution >= 4 is 15.6 Å². The first-order chi connectivity index (χ1) is 7.10. The second-order valence-electron chi connectivity index (χ2n) is 3.39. The average molecular weight is 279 g/mol. The number of hydrogen-bond acceptors (Lipinski definition) is 7. The van der Waals surface area contributed by atoms with Crippen LogP contribution in [0, 0.1) is 0 Å². The van der Waals surface area contributed by atoms with Crippen LogP contribution >= 0.6 is 15.6 Å². The van der Waals surface area contributed by atoms with E-state index >= 15 is 0 Å². The Bertz CT molecular complexity index is 356. The van der Waals surface area contributed by atoms with E-state index in [1.165, 1.54) is 0 Å². The Morgan fingerprint density at radius 2 is 1.94 bits per heavy atom. The SMILES string of the molecule is C[13C@@]1(CO)OP(=O)(O)OP(=O)(O)OC[C@H]1O. The Labute approximate surface area is 90.8 Å². The van der Waals surface area contributed by atoms with Crippen molar-refractivity contribution in [3.8, 4) is 0 Å². The van der Waals surface area contributed by atoms with Gasteiger partial charge in [0.25, 0.3) is 0 Å². The van der Waals surface area contributed by atoms with E-state index in [0.29, 0.717) is 0 Å².